The maximum absolute atomic E-state index is 6.18. The predicted octanol–water partition coefficient (Wildman–Crippen LogP) is 5.23. The largest absolute Gasteiger partial charge is 0.495 e. The number of nitrogens with one attached hydrogen (secondary N) is 2. The summed E-state index contributed by atoms with van der Waals surface area (Å²) in [6.45, 7) is 2.28. The summed E-state index contributed by atoms with van der Waals surface area (Å²) in [6.07, 6.45) is 4.25. The number of hydrogen-bond acceptors (Lipinski definition) is 6. The van der Waals surface area contributed by atoms with Gasteiger partial charge in [0.2, 0.25) is 5.95 Å². The van der Waals surface area contributed by atoms with Crippen LogP contribution >= 0.6 is 11.6 Å². The van der Waals surface area contributed by atoms with Gasteiger partial charge in [-0.25, -0.2) is 4.98 Å². The molecule has 2 aromatic carbocycles. The molecule has 0 radical (unpaired) electrons. The van der Waals surface area contributed by atoms with Gasteiger partial charge in [-0.1, -0.05) is 11.6 Å². The fourth-order valence-electron chi connectivity index (χ4n) is 3.24. The van der Waals surface area contributed by atoms with Crippen molar-refractivity contribution in [3.63, 3.8) is 0 Å². The summed E-state index contributed by atoms with van der Waals surface area (Å²) in [4.78, 5) is 11.2. The Balaban J connectivity index is 1.44. The van der Waals surface area contributed by atoms with E-state index in [1.807, 2.05) is 12.1 Å². The quantitative estimate of drug-likeness (QED) is 0.596. The lowest BCUT2D eigenvalue weighted by atomic mass is 10.2. The van der Waals surface area contributed by atoms with Gasteiger partial charge in [-0.15, -0.1) is 0 Å². The second kappa shape index (κ2) is 8.35. The van der Waals surface area contributed by atoms with Crippen molar-refractivity contribution in [2.24, 2.45) is 0 Å². The van der Waals surface area contributed by atoms with Crippen LogP contribution in [0.2, 0.25) is 5.02 Å². The molecule has 0 amide bonds. The summed E-state index contributed by atoms with van der Waals surface area (Å²) in [5.41, 5.74) is 3.04. The van der Waals surface area contributed by atoms with Crippen LogP contribution in [-0.2, 0) is 0 Å². The molecule has 7 heteroatoms. The van der Waals surface area contributed by atoms with Crippen molar-refractivity contribution in [2.75, 3.05) is 35.7 Å². The molecule has 0 spiro atoms. The highest BCUT2D eigenvalue weighted by Gasteiger charge is 2.12. The number of anilines is 5. The molecule has 0 unspecified atom stereocenters. The average molecular weight is 396 g/mol. The first-order valence-electron chi connectivity index (χ1n) is 9.27. The minimum absolute atomic E-state index is 0.526. The normalized spacial score (nSPS) is 13.4. The number of hydrogen-bond donors (Lipinski definition) is 2. The Morgan fingerprint density at radius 1 is 0.964 bits per heavy atom. The average Bonchev–Trinajstić information content (AvgIpc) is 3.24. The first kappa shape index (κ1) is 18.4. The van der Waals surface area contributed by atoms with Gasteiger partial charge >= 0.3 is 0 Å². The van der Waals surface area contributed by atoms with E-state index in [9.17, 15) is 0 Å². The van der Waals surface area contributed by atoms with Crippen LogP contribution in [0.4, 0.5) is 28.8 Å². The second-order valence-electron chi connectivity index (χ2n) is 6.61. The van der Waals surface area contributed by atoms with Crippen molar-refractivity contribution < 1.29 is 4.74 Å². The van der Waals surface area contributed by atoms with Gasteiger partial charge < -0.3 is 20.3 Å². The van der Waals surface area contributed by atoms with E-state index in [0.717, 1.165) is 24.5 Å². The lowest BCUT2D eigenvalue weighted by molar-refractivity contribution is 0.415. The van der Waals surface area contributed by atoms with Crippen molar-refractivity contribution in [2.45, 2.75) is 12.8 Å². The fourth-order valence-corrected chi connectivity index (χ4v) is 3.50. The molecule has 1 fully saturated rings. The van der Waals surface area contributed by atoms with E-state index in [0.29, 0.717) is 22.5 Å². The lowest BCUT2D eigenvalue weighted by Gasteiger charge is -2.17. The summed E-state index contributed by atoms with van der Waals surface area (Å²) in [6, 6.07) is 15.7. The molecule has 28 heavy (non-hydrogen) atoms. The summed E-state index contributed by atoms with van der Waals surface area (Å²) in [7, 11) is 1.59. The van der Waals surface area contributed by atoms with Crippen LogP contribution in [0, 0.1) is 0 Å². The molecular formula is C21H22ClN5O. The van der Waals surface area contributed by atoms with Gasteiger partial charge in [0.05, 0.1) is 12.1 Å². The molecule has 144 valence electrons. The van der Waals surface area contributed by atoms with Gasteiger partial charge in [-0.2, -0.15) is 4.98 Å². The van der Waals surface area contributed by atoms with E-state index in [4.69, 9.17) is 16.3 Å². The first-order chi connectivity index (χ1) is 13.7. The SMILES string of the molecule is COc1ccc(Nc2ccnc(Nc3ccc(N4CCCC4)cc3)n2)cc1Cl. The van der Waals surface area contributed by atoms with Crippen molar-refractivity contribution in [1.29, 1.82) is 0 Å². The number of rotatable bonds is 6. The number of halogens is 1. The molecule has 0 aliphatic carbocycles. The van der Waals surface area contributed by atoms with Gasteiger partial charge in [0.15, 0.2) is 0 Å². The highest BCUT2D eigenvalue weighted by atomic mass is 35.5. The molecule has 0 bridgehead atoms. The first-order valence-corrected chi connectivity index (χ1v) is 9.65. The Morgan fingerprint density at radius 3 is 2.43 bits per heavy atom. The molecule has 1 aromatic heterocycles. The molecule has 2 heterocycles. The van der Waals surface area contributed by atoms with Crippen molar-refractivity contribution in [3.8, 4) is 5.75 Å². The van der Waals surface area contributed by atoms with Crippen molar-refractivity contribution in [3.05, 3.63) is 59.8 Å². The van der Waals surface area contributed by atoms with E-state index in [2.05, 4.69) is 49.8 Å². The third-order valence-electron chi connectivity index (χ3n) is 4.67. The van der Waals surface area contributed by atoms with Crippen LogP contribution < -0.4 is 20.3 Å². The monoisotopic (exact) mass is 395 g/mol. The minimum atomic E-state index is 0.526. The van der Waals surface area contributed by atoms with E-state index in [1.54, 1.807) is 25.4 Å². The molecule has 0 atom stereocenters. The smallest absolute Gasteiger partial charge is 0.229 e. The zero-order chi connectivity index (χ0) is 19.3. The van der Waals surface area contributed by atoms with Crippen LogP contribution in [0.1, 0.15) is 12.8 Å². The summed E-state index contributed by atoms with van der Waals surface area (Å²) in [5, 5.41) is 7.02. The van der Waals surface area contributed by atoms with Gasteiger partial charge in [0.1, 0.15) is 11.6 Å². The van der Waals surface area contributed by atoms with Crippen LogP contribution in [0.25, 0.3) is 0 Å². The lowest BCUT2D eigenvalue weighted by Crippen LogP contribution is -2.17. The Labute approximate surface area is 169 Å². The third-order valence-corrected chi connectivity index (χ3v) is 4.97. The number of benzene rings is 2. The highest BCUT2D eigenvalue weighted by molar-refractivity contribution is 6.32. The van der Waals surface area contributed by atoms with Crippen LogP contribution in [-0.4, -0.2) is 30.2 Å². The van der Waals surface area contributed by atoms with Gasteiger partial charge in [-0.3, -0.25) is 0 Å². The maximum atomic E-state index is 6.18. The fraction of sp³-hybridized carbons (Fsp3) is 0.238. The number of nitrogens with zero attached hydrogens (tertiary/aromatic N) is 3. The third kappa shape index (κ3) is 4.28. The van der Waals surface area contributed by atoms with Crippen molar-refractivity contribution >= 4 is 40.4 Å². The number of methoxy groups -OCH3 is 1. The Bertz CT molecular complexity index is 942. The Hall–Kier alpha value is -2.99. The van der Waals surface area contributed by atoms with Crippen LogP contribution in [0.5, 0.6) is 5.75 Å². The Kier molecular flexibility index (Phi) is 5.48. The predicted molar refractivity (Wildman–Crippen MR) is 114 cm³/mol. The number of ether oxygens (including phenoxy) is 1. The highest BCUT2D eigenvalue weighted by Crippen LogP contribution is 2.29. The zero-order valence-electron chi connectivity index (χ0n) is 15.7. The summed E-state index contributed by atoms with van der Waals surface area (Å²) < 4.78 is 5.18. The Morgan fingerprint density at radius 2 is 1.71 bits per heavy atom. The van der Waals surface area contributed by atoms with E-state index < -0.39 is 0 Å². The van der Waals surface area contributed by atoms with E-state index in [1.165, 1.54) is 18.5 Å². The molecule has 0 saturated carbocycles. The molecular weight excluding hydrogens is 374 g/mol. The molecule has 2 N–H and O–H groups in total. The molecule has 1 saturated heterocycles. The van der Waals surface area contributed by atoms with Gasteiger partial charge in [0, 0.05) is 36.3 Å². The molecule has 1 aliphatic heterocycles. The maximum Gasteiger partial charge on any atom is 0.229 e. The van der Waals surface area contributed by atoms with E-state index >= 15 is 0 Å². The van der Waals surface area contributed by atoms with E-state index in [-0.39, 0.29) is 0 Å². The standard InChI is InChI=1S/C21H22ClN5O/c1-28-19-9-6-16(14-18(19)22)24-20-10-11-23-21(26-20)25-15-4-7-17(8-5-15)27-12-2-3-13-27/h4-11,14H,2-3,12-13H2,1H3,(H2,23,24,25,26). The second-order valence-corrected chi connectivity index (χ2v) is 7.01. The molecule has 6 nitrogen and oxygen atoms in total. The minimum Gasteiger partial charge on any atom is -0.495 e. The van der Waals surface area contributed by atoms with Gasteiger partial charge in [0.25, 0.3) is 0 Å². The van der Waals surface area contributed by atoms with Crippen LogP contribution in [0.15, 0.2) is 54.7 Å². The number of aromatic nitrogens is 2. The van der Waals surface area contributed by atoms with Crippen LogP contribution in [0.3, 0.4) is 0 Å². The molecule has 1 aliphatic rings. The zero-order valence-corrected chi connectivity index (χ0v) is 16.4. The summed E-state index contributed by atoms with van der Waals surface area (Å²) >= 11 is 6.18. The molecule has 3 aromatic rings. The van der Waals surface area contributed by atoms with Crippen molar-refractivity contribution in [1.82, 2.24) is 9.97 Å². The molecule has 4 rings (SSSR count). The summed E-state index contributed by atoms with van der Waals surface area (Å²) in [5.74, 6) is 1.83. The van der Waals surface area contributed by atoms with Gasteiger partial charge in [-0.05, 0) is 61.4 Å². The topological polar surface area (TPSA) is 62.3 Å².